The van der Waals surface area contributed by atoms with Gasteiger partial charge in [0.2, 0.25) is 0 Å². The fourth-order valence-electron chi connectivity index (χ4n) is 1.30. The Bertz CT molecular complexity index is 79.3. The van der Waals surface area contributed by atoms with Gasteiger partial charge in [-0.25, -0.2) is 0 Å². The second-order valence-electron chi connectivity index (χ2n) is 2.77. The third-order valence-corrected chi connectivity index (χ3v) is 1.92. The van der Waals surface area contributed by atoms with Gasteiger partial charge in [0.05, 0.1) is 0 Å². The molecule has 1 atom stereocenters. The van der Waals surface area contributed by atoms with E-state index in [0.29, 0.717) is 0 Å². The van der Waals surface area contributed by atoms with Crippen LogP contribution in [0.15, 0.2) is 0 Å². The first-order chi connectivity index (χ1) is 4.93. The molecule has 1 rings (SSSR count). The van der Waals surface area contributed by atoms with Crippen molar-refractivity contribution in [2.45, 2.75) is 12.8 Å². The van der Waals surface area contributed by atoms with Crippen LogP contribution in [-0.4, -0.2) is 26.8 Å². The molecule has 1 saturated heterocycles. The van der Waals surface area contributed by atoms with Crippen molar-refractivity contribution in [1.29, 1.82) is 0 Å². The molecule has 0 bridgehead atoms. The van der Waals surface area contributed by atoms with E-state index in [2.05, 4.69) is 11.7 Å². The third-order valence-electron chi connectivity index (χ3n) is 1.92. The molecule has 2 heteroatoms. The minimum absolute atomic E-state index is 0.801. The van der Waals surface area contributed by atoms with Gasteiger partial charge in [0.15, 0.2) is 0 Å². The van der Waals surface area contributed by atoms with Crippen LogP contribution < -0.4 is 5.32 Å². The molecule has 0 aromatic rings. The van der Waals surface area contributed by atoms with E-state index in [-0.39, 0.29) is 0 Å². The van der Waals surface area contributed by atoms with E-state index < -0.39 is 0 Å². The highest BCUT2D eigenvalue weighted by atomic mass is 16.5. The lowest BCUT2D eigenvalue weighted by Crippen LogP contribution is -2.09. The van der Waals surface area contributed by atoms with Crippen LogP contribution in [0.1, 0.15) is 12.8 Å². The molecule has 1 aliphatic heterocycles. The number of hydrogen-bond donors (Lipinski definition) is 1. The van der Waals surface area contributed by atoms with E-state index in [1.807, 2.05) is 0 Å². The van der Waals surface area contributed by atoms with Gasteiger partial charge in [-0.2, -0.15) is 0 Å². The molecule has 10 heavy (non-hydrogen) atoms. The summed E-state index contributed by atoms with van der Waals surface area (Å²) in [5.41, 5.74) is 0. The van der Waals surface area contributed by atoms with Crippen molar-refractivity contribution in [2.75, 3.05) is 26.8 Å². The number of rotatable bonds is 4. The molecular formula is C8H16NO. The van der Waals surface area contributed by atoms with E-state index in [9.17, 15) is 0 Å². The summed E-state index contributed by atoms with van der Waals surface area (Å²) in [5, 5.41) is 3.33. The lowest BCUT2D eigenvalue weighted by Gasteiger charge is -2.05. The molecule has 0 unspecified atom stereocenters. The van der Waals surface area contributed by atoms with Crippen molar-refractivity contribution in [2.24, 2.45) is 5.92 Å². The van der Waals surface area contributed by atoms with Gasteiger partial charge < -0.3 is 10.1 Å². The molecule has 0 aromatic carbocycles. The van der Waals surface area contributed by atoms with Crippen LogP contribution in [0.4, 0.5) is 0 Å². The summed E-state index contributed by atoms with van der Waals surface area (Å²) in [6, 6.07) is 0. The summed E-state index contributed by atoms with van der Waals surface area (Å²) in [4.78, 5) is 0. The highest BCUT2D eigenvalue weighted by molar-refractivity contribution is 4.82. The Hall–Kier alpha value is -0.0800. The molecule has 1 aliphatic rings. The van der Waals surface area contributed by atoms with Crippen molar-refractivity contribution < 1.29 is 4.74 Å². The average molecular weight is 142 g/mol. The Kier molecular flexibility index (Phi) is 3.76. The number of methoxy groups -OCH3 is 1. The van der Waals surface area contributed by atoms with Gasteiger partial charge in [-0.05, 0) is 38.3 Å². The third kappa shape index (κ3) is 2.67. The van der Waals surface area contributed by atoms with Gasteiger partial charge in [-0.3, -0.25) is 0 Å². The molecule has 0 spiro atoms. The SMILES string of the molecule is COCC[CH][C@H]1CCNC1. The monoisotopic (exact) mass is 142 g/mol. The maximum Gasteiger partial charge on any atom is 0.0465 e. The molecule has 0 aliphatic carbocycles. The molecule has 1 N–H and O–H groups in total. The zero-order chi connectivity index (χ0) is 7.23. The van der Waals surface area contributed by atoms with E-state index >= 15 is 0 Å². The highest BCUT2D eigenvalue weighted by Crippen LogP contribution is 2.12. The summed E-state index contributed by atoms with van der Waals surface area (Å²) in [6.45, 7) is 3.23. The van der Waals surface area contributed by atoms with Crippen LogP contribution >= 0.6 is 0 Å². The second kappa shape index (κ2) is 4.69. The molecule has 1 radical (unpaired) electrons. The summed E-state index contributed by atoms with van der Waals surface area (Å²) in [5.74, 6) is 0.801. The Morgan fingerprint density at radius 2 is 2.60 bits per heavy atom. The fourth-order valence-corrected chi connectivity index (χ4v) is 1.30. The van der Waals surface area contributed by atoms with Gasteiger partial charge in [-0.15, -0.1) is 0 Å². The molecule has 0 aromatic heterocycles. The van der Waals surface area contributed by atoms with E-state index in [1.54, 1.807) is 7.11 Å². The van der Waals surface area contributed by atoms with E-state index in [0.717, 1.165) is 18.9 Å². The maximum atomic E-state index is 4.95. The van der Waals surface area contributed by atoms with E-state index in [4.69, 9.17) is 4.74 Å². The minimum Gasteiger partial charge on any atom is -0.385 e. The van der Waals surface area contributed by atoms with Gasteiger partial charge in [0.1, 0.15) is 0 Å². The highest BCUT2D eigenvalue weighted by Gasteiger charge is 2.13. The normalized spacial score (nSPS) is 25.5. The van der Waals surface area contributed by atoms with Crippen LogP contribution in [0.3, 0.4) is 0 Å². The van der Waals surface area contributed by atoms with Crippen LogP contribution in [0.25, 0.3) is 0 Å². The van der Waals surface area contributed by atoms with Gasteiger partial charge in [0.25, 0.3) is 0 Å². The quantitative estimate of drug-likeness (QED) is 0.587. The van der Waals surface area contributed by atoms with Gasteiger partial charge in [0, 0.05) is 13.7 Å². The number of nitrogens with one attached hydrogen (secondary N) is 1. The van der Waals surface area contributed by atoms with Gasteiger partial charge >= 0.3 is 0 Å². The van der Waals surface area contributed by atoms with Crippen molar-refractivity contribution in [3.63, 3.8) is 0 Å². The average Bonchev–Trinajstić information content (AvgIpc) is 2.41. The smallest absolute Gasteiger partial charge is 0.0465 e. The number of hydrogen-bond acceptors (Lipinski definition) is 2. The van der Waals surface area contributed by atoms with E-state index in [1.165, 1.54) is 19.5 Å². The predicted octanol–water partition coefficient (Wildman–Crippen LogP) is 0.837. The van der Waals surface area contributed by atoms with Crippen LogP contribution in [0, 0.1) is 12.3 Å². The predicted molar refractivity (Wildman–Crippen MR) is 41.8 cm³/mol. The Labute approximate surface area is 63.0 Å². The molecule has 1 heterocycles. The topological polar surface area (TPSA) is 21.3 Å². The zero-order valence-corrected chi connectivity index (χ0v) is 6.60. The molecule has 1 fully saturated rings. The second-order valence-corrected chi connectivity index (χ2v) is 2.77. The van der Waals surface area contributed by atoms with Crippen molar-refractivity contribution in [3.05, 3.63) is 6.42 Å². The fraction of sp³-hybridized carbons (Fsp3) is 0.875. The van der Waals surface area contributed by atoms with Crippen molar-refractivity contribution in [1.82, 2.24) is 5.32 Å². The van der Waals surface area contributed by atoms with Crippen molar-refractivity contribution >= 4 is 0 Å². The lowest BCUT2D eigenvalue weighted by molar-refractivity contribution is 0.199. The summed E-state index contributed by atoms with van der Waals surface area (Å²) in [6.07, 6.45) is 4.77. The van der Waals surface area contributed by atoms with Crippen LogP contribution in [0.5, 0.6) is 0 Å². The lowest BCUT2D eigenvalue weighted by atomic mass is 10.0. The Balaban J connectivity index is 1.91. The largest absolute Gasteiger partial charge is 0.385 e. The Morgan fingerprint density at radius 3 is 3.20 bits per heavy atom. The summed E-state index contributed by atoms with van der Waals surface area (Å²) >= 11 is 0. The summed E-state index contributed by atoms with van der Waals surface area (Å²) < 4.78 is 4.95. The van der Waals surface area contributed by atoms with Crippen LogP contribution in [-0.2, 0) is 4.74 Å². The minimum atomic E-state index is 0.801. The zero-order valence-electron chi connectivity index (χ0n) is 6.60. The van der Waals surface area contributed by atoms with Crippen LogP contribution in [0.2, 0.25) is 0 Å². The molecular weight excluding hydrogens is 126 g/mol. The maximum absolute atomic E-state index is 4.95. The Morgan fingerprint density at radius 1 is 1.70 bits per heavy atom. The molecule has 0 saturated carbocycles. The first kappa shape index (κ1) is 8.02. The summed E-state index contributed by atoms with van der Waals surface area (Å²) in [7, 11) is 1.75. The molecule has 0 amide bonds. The van der Waals surface area contributed by atoms with Crippen molar-refractivity contribution in [3.8, 4) is 0 Å². The first-order valence-corrected chi connectivity index (χ1v) is 3.96. The first-order valence-electron chi connectivity index (χ1n) is 3.96. The van der Waals surface area contributed by atoms with Gasteiger partial charge in [-0.1, -0.05) is 0 Å². The molecule has 59 valence electrons. The molecule has 2 nitrogen and oxygen atoms in total. The number of ether oxygens (including phenoxy) is 1. The standard InChI is InChI=1S/C8H16NO/c1-10-6-2-3-8-4-5-9-7-8/h3,8-9H,2,4-7H2,1H3/t8-/m0/s1.